The second kappa shape index (κ2) is 3.82. The van der Waals surface area contributed by atoms with E-state index in [0.29, 0.717) is 18.9 Å². The van der Waals surface area contributed by atoms with Crippen LogP contribution in [0.1, 0.15) is 10.5 Å². The van der Waals surface area contributed by atoms with Gasteiger partial charge in [-0.15, -0.1) is 0 Å². The van der Waals surface area contributed by atoms with Crippen molar-refractivity contribution < 1.29 is 14.6 Å². The molecule has 0 unspecified atom stereocenters. The van der Waals surface area contributed by atoms with Crippen molar-refractivity contribution in [1.82, 2.24) is 9.97 Å². The Morgan fingerprint density at radius 2 is 2.33 bits per heavy atom. The summed E-state index contributed by atoms with van der Waals surface area (Å²) in [5.74, 6) is 0.149. The lowest BCUT2D eigenvalue weighted by molar-refractivity contribution is 0.0594. The zero-order valence-corrected chi connectivity index (χ0v) is 8.25. The number of carbonyl (C=O) groups is 1. The summed E-state index contributed by atoms with van der Waals surface area (Å²) in [4.78, 5) is 20.8. The van der Waals surface area contributed by atoms with Crippen LogP contribution in [-0.2, 0) is 4.74 Å². The number of anilines is 1. The molecule has 2 rings (SSSR count). The van der Waals surface area contributed by atoms with Gasteiger partial charge in [-0.1, -0.05) is 0 Å². The summed E-state index contributed by atoms with van der Waals surface area (Å²) >= 11 is 0. The molecule has 1 aromatic heterocycles. The van der Waals surface area contributed by atoms with E-state index in [1.165, 1.54) is 13.4 Å². The molecule has 1 aliphatic heterocycles. The molecule has 1 N–H and O–H groups in total. The van der Waals surface area contributed by atoms with Gasteiger partial charge in [0.05, 0.1) is 13.2 Å². The molecule has 1 fully saturated rings. The first-order valence-electron chi connectivity index (χ1n) is 4.54. The van der Waals surface area contributed by atoms with Crippen LogP contribution in [-0.4, -0.2) is 47.3 Å². The van der Waals surface area contributed by atoms with Gasteiger partial charge < -0.3 is 14.7 Å². The SMILES string of the molecule is COC(=O)c1cc(N2CC(O)C2)ncn1. The molecule has 0 atom stereocenters. The van der Waals surface area contributed by atoms with Gasteiger partial charge in [-0.25, -0.2) is 14.8 Å². The van der Waals surface area contributed by atoms with E-state index in [1.807, 2.05) is 4.90 Å². The molecule has 6 nitrogen and oxygen atoms in total. The number of rotatable bonds is 2. The fourth-order valence-corrected chi connectivity index (χ4v) is 1.38. The number of nitrogens with zero attached hydrogens (tertiary/aromatic N) is 3. The van der Waals surface area contributed by atoms with Gasteiger partial charge in [0.25, 0.3) is 0 Å². The number of aromatic nitrogens is 2. The zero-order valence-electron chi connectivity index (χ0n) is 8.25. The van der Waals surface area contributed by atoms with Crippen LogP contribution in [0, 0.1) is 0 Å². The monoisotopic (exact) mass is 209 g/mol. The average Bonchev–Trinajstić information content (AvgIpc) is 2.24. The third-order valence-electron chi connectivity index (χ3n) is 2.23. The van der Waals surface area contributed by atoms with Crippen molar-refractivity contribution in [3.8, 4) is 0 Å². The summed E-state index contributed by atoms with van der Waals surface area (Å²) in [5, 5.41) is 9.13. The summed E-state index contributed by atoms with van der Waals surface area (Å²) in [6, 6.07) is 1.55. The van der Waals surface area contributed by atoms with Gasteiger partial charge in [0.2, 0.25) is 0 Å². The second-order valence-corrected chi connectivity index (χ2v) is 3.31. The van der Waals surface area contributed by atoms with Gasteiger partial charge in [0.1, 0.15) is 12.1 Å². The van der Waals surface area contributed by atoms with Crippen LogP contribution in [0.15, 0.2) is 12.4 Å². The molecule has 0 aromatic carbocycles. The molecule has 0 amide bonds. The summed E-state index contributed by atoms with van der Waals surface area (Å²) in [7, 11) is 1.30. The average molecular weight is 209 g/mol. The van der Waals surface area contributed by atoms with Crippen LogP contribution in [0.4, 0.5) is 5.82 Å². The molecule has 0 aliphatic carbocycles. The predicted octanol–water partition coefficient (Wildman–Crippen LogP) is -0.556. The number of aliphatic hydroxyl groups excluding tert-OH is 1. The first kappa shape index (κ1) is 9.85. The highest BCUT2D eigenvalue weighted by atomic mass is 16.5. The molecule has 80 valence electrons. The summed E-state index contributed by atoms with van der Waals surface area (Å²) in [6.07, 6.45) is 1.01. The van der Waals surface area contributed by atoms with E-state index in [2.05, 4.69) is 14.7 Å². The van der Waals surface area contributed by atoms with Gasteiger partial charge in [0.15, 0.2) is 5.69 Å². The van der Waals surface area contributed by atoms with Crippen LogP contribution in [0.3, 0.4) is 0 Å². The van der Waals surface area contributed by atoms with E-state index >= 15 is 0 Å². The van der Waals surface area contributed by atoms with Crippen molar-refractivity contribution in [2.45, 2.75) is 6.10 Å². The molecule has 6 heteroatoms. The molecule has 0 bridgehead atoms. The molecule has 0 spiro atoms. The Labute approximate surface area is 86.5 Å². The van der Waals surface area contributed by atoms with Gasteiger partial charge in [-0.2, -0.15) is 0 Å². The highest BCUT2D eigenvalue weighted by Crippen LogP contribution is 2.18. The van der Waals surface area contributed by atoms with E-state index in [-0.39, 0.29) is 11.8 Å². The van der Waals surface area contributed by atoms with E-state index in [1.54, 1.807) is 6.07 Å². The van der Waals surface area contributed by atoms with Crippen LogP contribution < -0.4 is 4.90 Å². The maximum atomic E-state index is 11.2. The minimum absolute atomic E-state index is 0.226. The quantitative estimate of drug-likeness (QED) is 0.658. The topological polar surface area (TPSA) is 75.5 Å². The van der Waals surface area contributed by atoms with Gasteiger partial charge in [-0.3, -0.25) is 0 Å². The van der Waals surface area contributed by atoms with Gasteiger partial charge in [-0.05, 0) is 0 Å². The molecule has 1 aromatic rings. The molecule has 0 radical (unpaired) electrons. The lowest BCUT2D eigenvalue weighted by Gasteiger charge is -2.36. The van der Waals surface area contributed by atoms with Crippen molar-refractivity contribution in [3.05, 3.63) is 18.1 Å². The maximum Gasteiger partial charge on any atom is 0.356 e. The molecule has 0 saturated carbocycles. The molecular weight excluding hydrogens is 198 g/mol. The van der Waals surface area contributed by atoms with Crippen molar-refractivity contribution in [2.24, 2.45) is 0 Å². The molecule has 1 saturated heterocycles. The van der Waals surface area contributed by atoms with Crippen LogP contribution in [0.5, 0.6) is 0 Å². The molecular formula is C9H11N3O3. The summed E-state index contributed by atoms with van der Waals surface area (Å²) in [5.41, 5.74) is 0.226. The Morgan fingerprint density at radius 1 is 1.60 bits per heavy atom. The van der Waals surface area contributed by atoms with E-state index in [9.17, 15) is 4.79 Å². The van der Waals surface area contributed by atoms with Gasteiger partial charge in [0, 0.05) is 19.2 Å². The fourth-order valence-electron chi connectivity index (χ4n) is 1.38. The Hall–Kier alpha value is -1.69. The number of carbonyl (C=O) groups excluding carboxylic acids is 1. The van der Waals surface area contributed by atoms with E-state index < -0.39 is 5.97 Å². The first-order chi connectivity index (χ1) is 7.20. The van der Waals surface area contributed by atoms with Crippen molar-refractivity contribution in [1.29, 1.82) is 0 Å². The van der Waals surface area contributed by atoms with Crippen LogP contribution >= 0.6 is 0 Å². The fraction of sp³-hybridized carbons (Fsp3) is 0.444. The highest BCUT2D eigenvalue weighted by Gasteiger charge is 2.26. The predicted molar refractivity (Wildman–Crippen MR) is 51.6 cm³/mol. The lowest BCUT2D eigenvalue weighted by Crippen LogP contribution is -2.51. The smallest absolute Gasteiger partial charge is 0.356 e. The minimum Gasteiger partial charge on any atom is -0.464 e. The maximum absolute atomic E-state index is 11.2. The summed E-state index contributed by atoms with van der Waals surface area (Å²) in [6.45, 7) is 1.08. The number of β-amino-alcohol motifs (C(OH)–C–C–N with tert-alkyl or cyclic N) is 1. The number of methoxy groups -OCH3 is 1. The standard InChI is InChI=1S/C9H11N3O3/c1-15-9(14)7-2-8(11-5-10-7)12-3-6(13)4-12/h2,5-6,13H,3-4H2,1H3. The Bertz CT molecular complexity index is 377. The van der Waals surface area contributed by atoms with Crippen molar-refractivity contribution in [3.63, 3.8) is 0 Å². The lowest BCUT2D eigenvalue weighted by atomic mass is 10.2. The summed E-state index contributed by atoms with van der Waals surface area (Å²) < 4.78 is 4.55. The van der Waals surface area contributed by atoms with Crippen LogP contribution in [0.25, 0.3) is 0 Å². The largest absolute Gasteiger partial charge is 0.464 e. The highest BCUT2D eigenvalue weighted by molar-refractivity contribution is 5.87. The van der Waals surface area contributed by atoms with Gasteiger partial charge >= 0.3 is 5.97 Å². The van der Waals surface area contributed by atoms with E-state index in [0.717, 1.165) is 0 Å². The molecule has 2 heterocycles. The zero-order chi connectivity index (χ0) is 10.8. The third-order valence-corrected chi connectivity index (χ3v) is 2.23. The normalized spacial score (nSPS) is 16.0. The second-order valence-electron chi connectivity index (χ2n) is 3.31. The third kappa shape index (κ3) is 1.89. The number of hydrogen-bond donors (Lipinski definition) is 1. The van der Waals surface area contributed by atoms with E-state index in [4.69, 9.17) is 5.11 Å². The van der Waals surface area contributed by atoms with Crippen LogP contribution in [0.2, 0.25) is 0 Å². The Morgan fingerprint density at radius 3 is 2.93 bits per heavy atom. The number of ether oxygens (including phenoxy) is 1. The Balaban J connectivity index is 2.16. The number of esters is 1. The molecule has 1 aliphatic rings. The number of hydrogen-bond acceptors (Lipinski definition) is 6. The molecule has 15 heavy (non-hydrogen) atoms. The minimum atomic E-state index is -0.486. The first-order valence-corrected chi connectivity index (χ1v) is 4.54. The number of aliphatic hydroxyl groups is 1. The van der Waals surface area contributed by atoms with Crippen molar-refractivity contribution >= 4 is 11.8 Å². The Kier molecular flexibility index (Phi) is 2.51. The van der Waals surface area contributed by atoms with Crippen molar-refractivity contribution in [2.75, 3.05) is 25.1 Å².